The molecule has 21 heavy (non-hydrogen) atoms. The minimum atomic E-state index is -1.01. The standard InChI is InChI=1S/C16H25FN2O2/c1-12(17)14-10-13(16(21-3)15(11-14)20-2)4-7-19-8-5-18-6-9-19/h10-12,18H,4-9H2,1-3H3. The fraction of sp³-hybridized carbons (Fsp3) is 0.625. The lowest BCUT2D eigenvalue weighted by Gasteiger charge is -2.27. The Morgan fingerprint density at radius 1 is 1.24 bits per heavy atom. The monoisotopic (exact) mass is 296 g/mol. The fourth-order valence-electron chi connectivity index (χ4n) is 2.70. The number of nitrogens with zero attached hydrogens (tertiary/aromatic N) is 1. The van der Waals surface area contributed by atoms with E-state index in [0.717, 1.165) is 50.5 Å². The largest absolute Gasteiger partial charge is 0.493 e. The highest BCUT2D eigenvalue weighted by molar-refractivity contribution is 5.50. The molecule has 1 atom stereocenters. The normalized spacial score (nSPS) is 17.5. The zero-order chi connectivity index (χ0) is 15.2. The van der Waals surface area contributed by atoms with Gasteiger partial charge in [0.1, 0.15) is 6.17 Å². The van der Waals surface area contributed by atoms with Gasteiger partial charge in [0, 0.05) is 32.7 Å². The van der Waals surface area contributed by atoms with Gasteiger partial charge in [0.25, 0.3) is 0 Å². The maximum Gasteiger partial charge on any atom is 0.163 e. The van der Waals surface area contributed by atoms with Gasteiger partial charge < -0.3 is 19.7 Å². The molecule has 0 saturated carbocycles. The average Bonchev–Trinajstić information content (AvgIpc) is 2.52. The van der Waals surface area contributed by atoms with Crippen LogP contribution in [0, 0.1) is 0 Å². The predicted octanol–water partition coefficient (Wildman–Crippen LogP) is 2.18. The lowest BCUT2D eigenvalue weighted by atomic mass is 10.0. The Kier molecular flexibility index (Phi) is 5.82. The summed E-state index contributed by atoms with van der Waals surface area (Å²) in [6, 6.07) is 3.62. The minimum absolute atomic E-state index is 0.606. The number of piperazine rings is 1. The van der Waals surface area contributed by atoms with Crippen LogP contribution in [0.25, 0.3) is 0 Å². The molecular formula is C16H25FN2O2. The summed E-state index contributed by atoms with van der Waals surface area (Å²) in [7, 11) is 3.22. The van der Waals surface area contributed by atoms with Gasteiger partial charge >= 0.3 is 0 Å². The number of benzene rings is 1. The highest BCUT2D eigenvalue weighted by atomic mass is 19.1. The number of methoxy groups -OCH3 is 2. The molecule has 1 heterocycles. The van der Waals surface area contributed by atoms with Crippen molar-refractivity contribution < 1.29 is 13.9 Å². The Balaban J connectivity index is 2.16. The molecule has 0 spiro atoms. The van der Waals surface area contributed by atoms with Crippen LogP contribution < -0.4 is 14.8 Å². The number of halogens is 1. The van der Waals surface area contributed by atoms with Gasteiger partial charge in [-0.15, -0.1) is 0 Å². The molecule has 118 valence electrons. The van der Waals surface area contributed by atoms with E-state index in [1.807, 2.05) is 6.07 Å². The lowest BCUT2D eigenvalue weighted by Crippen LogP contribution is -2.44. The smallest absolute Gasteiger partial charge is 0.163 e. The van der Waals surface area contributed by atoms with Crippen LogP contribution in [-0.2, 0) is 6.42 Å². The maximum atomic E-state index is 13.6. The van der Waals surface area contributed by atoms with E-state index in [1.54, 1.807) is 27.2 Å². The van der Waals surface area contributed by atoms with E-state index >= 15 is 0 Å². The minimum Gasteiger partial charge on any atom is -0.493 e. The third kappa shape index (κ3) is 4.08. The van der Waals surface area contributed by atoms with Crippen molar-refractivity contribution in [3.63, 3.8) is 0 Å². The molecule has 0 aliphatic carbocycles. The molecule has 0 radical (unpaired) electrons. The molecule has 1 aromatic rings. The number of hydrogen-bond donors (Lipinski definition) is 1. The molecule has 1 aliphatic rings. The highest BCUT2D eigenvalue weighted by Gasteiger charge is 2.17. The summed E-state index contributed by atoms with van der Waals surface area (Å²) in [5.74, 6) is 1.33. The van der Waals surface area contributed by atoms with Gasteiger partial charge in [-0.1, -0.05) is 0 Å². The predicted molar refractivity (Wildman–Crippen MR) is 82.1 cm³/mol. The molecule has 1 N–H and O–H groups in total. The Bertz CT molecular complexity index is 460. The first-order chi connectivity index (χ1) is 10.2. The van der Waals surface area contributed by atoms with Crippen molar-refractivity contribution in [3.8, 4) is 11.5 Å². The molecule has 1 fully saturated rings. The lowest BCUT2D eigenvalue weighted by molar-refractivity contribution is 0.242. The van der Waals surface area contributed by atoms with Crippen molar-refractivity contribution in [2.45, 2.75) is 19.5 Å². The first-order valence-electron chi connectivity index (χ1n) is 7.47. The number of rotatable bonds is 6. The number of hydrogen-bond acceptors (Lipinski definition) is 4. The summed E-state index contributed by atoms with van der Waals surface area (Å²) in [6.07, 6.45) is -0.178. The molecule has 0 bridgehead atoms. The van der Waals surface area contributed by atoms with Gasteiger partial charge in [0.15, 0.2) is 11.5 Å². The molecule has 0 amide bonds. The second-order valence-corrected chi connectivity index (χ2v) is 5.37. The molecule has 1 saturated heterocycles. The maximum absolute atomic E-state index is 13.6. The fourth-order valence-corrected chi connectivity index (χ4v) is 2.70. The second-order valence-electron chi connectivity index (χ2n) is 5.37. The molecule has 1 aromatic carbocycles. The van der Waals surface area contributed by atoms with Crippen LogP contribution in [0.4, 0.5) is 4.39 Å². The van der Waals surface area contributed by atoms with E-state index in [-0.39, 0.29) is 0 Å². The van der Waals surface area contributed by atoms with Gasteiger partial charge in [-0.05, 0) is 36.6 Å². The second kappa shape index (κ2) is 7.61. The third-order valence-corrected chi connectivity index (χ3v) is 3.94. The van der Waals surface area contributed by atoms with Crippen molar-refractivity contribution in [2.75, 3.05) is 46.9 Å². The van der Waals surface area contributed by atoms with Crippen LogP contribution in [0.3, 0.4) is 0 Å². The number of nitrogens with one attached hydrogen (secondary N) is 1. The third-order valence-electron chi connectivity index (χ3n) is 3.94. The van der Waals surface area contributed by atoms with E-state index in [9.17, 15) is 4.39 Å². The van der Waals surface area contributed by atoms with Gasteiger partial charge in [0.2, 0.25) is 0 Å². The summed E-state index contributed by atoms with van der Waals surface area (Å²) >= 11 is 0. The van der Waals surface area contributed by atoms with E-state index in [4.69, 9.17) is 9.47 Å². The summed E-state index contributed by atoms with van der Waals surface area (Å²) in [5, 5.41) is 3.34. The van der Waals surface area contributed by atoms with Gasteiger partial charge in [-0.25, -0.2) is 4.39 Å². The number of alkyl halides is 1. The van der Waals surface area contributed by atoms with Crippen molar-refractivity contribution in [1.82, 2.24) is 10.2 Å². The molecule has 1 aliphatic heterocycles. The van der Waals surface area contributed by atoms with Crippen molar-refractivity contribution in [3.05, 3.63) is 23.3 Å². The SMILES string of the molecule is COc1cc(C(C)F)cc(CCN2CCNCC2)c1OC. The Morgan fingerprint density at radius 2 is 1.95 bits per heavy atom. The molecule has 5 heteroatoms. The van der Waals surface area contributed by atoms with Crippen LogP contribution in [0.1, 0.15) is 24.2 Å². The molecule has 1 unspecified atom stereocenters. The Hall–Kier alpha value is -1.33. The Morgan fingerprint density at radius 3 is 2.52 bits per heavy atom. The summed E-state index contributed by atoms with van der Waals surface area (Å²) in [4.78, 5) is 2.41. The van der Waals surface area contributed by atoms with E-state index in [0.29, 0.717) is 11.3 Å². The molecule has 0 aromatic heterocycles. The molecular weight excluding hydrogens is 271 g/mol. The highest BCUT2D eigenvalue weighted by Crippen LogP contribution is 2.35. The zero-order valence-corrected chi connectivity index (χ0v) is 13.1. The summed E-state index contributed by atoms with van der Waals surface area (Å²) in [5.41, 5.74) is 1.65. The van der Waals surface area contributed by atoms with Gasteiger partial charge in [-0.3, -0.25) is 0 Å². The van der Waals surface area contributed by atoms with Crippen LogP contribution >= 0.6 is 0 Å². The van der Waals surface area contributed by atoms with Gasteiger partial charge in [0.05, 0.1) is 14.2 Å². The van der Waals surface area contributed by atoms with E-state index in [2.05, 4.69) is 10.2 Å². The van der Waals surface area contributed by atoms with Crippen molar-refractivity contribution >= 4 is 0 Å². The Labute approximate surface area is 126 Å². The number of ether oxygens (including phenoxy) is 2. The van der Waals surface area contributed by atoms with Crippen molar-refractivity contribution in [1.29, 1.82) is 0 Å². The van der Waals surface area contributed by atoms with Crippen LogP contribution in [-0.4, -0.2) is 51.8 Å². The van der Waals surface area contributed by atoms with Crippen molar-refractivity contribution in [2.24, 2.45) is 0 Å². The first-order valence-corrected chi connectivity index (χ1v) is 7.47. The van der Waals surface area contributed by atoms with Gasteiger partial charge in [-0.2, -0.15) is 0 Å². The quantitative estimate of drug-likeness (QED) is 0.872. The van der Waals surface area contributed by atoms with E-state index < -0.39 is 6.17 Å². The summed E-state index contributed by atoms with van der Waals surface area (Å²) < 4.78 is 24.5. The zero-order valence-electron chi connectivity index (χ0n) is 13.1. The topological polar surface area (TPSA) is 33.7 Å². The van der Waals surface area contributed by atoms with Crippen LogP contribution in [0.2, 0.25) is 0 Å². The molecule has 2 rings (SSSR count). The average molecular weight is 296 g/mol. The molecule has 4 nitrogen and oxygen atoms in total. The van der Waals surface area contributed by atoms with E-state index in [1.165, 1.54) is 0 Å². The summed E-state index contributed by atoms with van der Waals surface area (Å²) in [6.45, 7) is 6.66. The first kappa shape index (κ1) is 16.0. The van der Waals surface area contributed by atoms with Crippen LogP contribution in [0.15, 0.2) is 12.1 Å². The van der Waals surface area contributed by atoms with Crippen LogP contribution in [0.5, 0.6) is 11.5 Å².